The normalized spacial score (nSPS) is 21.0. The van der Waals surface area contributed by atoms with Gasteiger partial charge in [-0.2, -0.15) is 4.31 Å². The van der Waals surface area contributed by atoms with E-state index in [1.165, 1.54) is 12.5 Å². The van der Waals surface area contributed by atoms with Crippen molar-refractivity contribution in [3.05, 3.63) is 12.5 Å². The molecule has 1 unspecified atom stereocenters. The molecule has 1 aromatic heterocycles. The molecule has 0 amide bonds. The predicted molar refractivity (Wildman–Crippen MR) is 68.6 cm³/mol. The van der Waals surface area contributed by atoms with Crippen LogP contribution in [0.15, 0.2) is 17.6 Å². The molecule has 1 atom stereocenters. The van der Waals surface area contributed by atoms with Crippen LogP contribution in [0.1, 0.15) is 19.8 Å². The summed E-state index contributed by atoms with van der Waals surface area (Å²) in [5.74, 6) is 0.545. The lowest BCUT2D eigenvalue weighted by atomic mass is 9.91. The highest BCUT2D eigenvalue weighted by atomic mass is 32.2. The Kier molecular flexibility index (Phi) is 4.04. The van der Waals surface area contributed by atoms with Crippen LogP contribution in [0.25, 0.3) is 0 Å². The number of H-pyrrole nitrogens is 1. The zero-order valence-electron chi connectivity index (χ0n) is 10.8. The van der Waals surface area contributed by atoms with E-state index >= 15 is 0 Å². The molecule has 0 bridgehead atoms. The molecule has 2 N–H and O–H groups in total. The lowest BCUT2D eigenvalue weighted by Crippen LogP contribution is -2.43. The van der Waals surface area contributed by atoms with Gasteiger partial charge in [0.15, 0.2) is 5.03 Å². The van der Waals surface area contributed by atoms with Gasteiger partial charge in [-0.15, -0.1) is 0 Å². The predicted octanol–water partition coefficient (Wildman–Crippen LogP) is 0.418. The highest BCUT2D eigenvalue weighted by molar-refractivity contribution is 7.89. The van der Waals surface area contributed by atoms with Crippen LogP contribution in [-0.4, -0.2) is 48.9 Å². The number of sulfonamides is 1. The van der Waals surface area contributed by atoms with Gasteiger partial charge < -0.3 is 10.3 Å². The molecule has 1 aliphatic heterocycles. The van der Waals surface area contributed by atoms with Crippen molar-refractivity contribution in [3.8, 4) is 0 Å². The second-order valence-electron chi connectivity index (χ2n) is 4.73. The maximum Gasteiger partial charge on any atom is 0.260 e. The fourth-order valence-electron chi connectivity index (χ4n) is 2.38. The molecule has 18 heavy (non-hydrogen) atoms. The third kappa shape index (κ3) is 2.57. The third-order valence-corrected chi connectivity index (χ3v) is 5.58. The first kappa shape index (κ1) is 13.5. The first-order valence-corrected chi connectivity index (χ1v) is 7.65. The number of imidazole rings is 1. The Bertz CT molecular complexity index is 463. The second kappa shape index (κ2) is 5.38. The van der Waals surface area contributed by atoms with E-state index in [1.54, 1.807) is 4.31 Å². The number of aromatic nitrogens is 2. The van der Waals surface area contributed by atoms with E-state index in [-0.39, 0.29) is 5.03 Å². The summed E-state index contributed by atoms with van der Waals surface area (Å²) in [6.07, 6.45) is 4.55. The molecule has 0 radical (unpaired) electrons. The number of nitrogens with one attached hydrogen (secondary N) is 2. The summed E-state index contributed by atoms with van der Waals surface area (Å²) in [4.78, 5) is 6.44. The van der Waals surface area contributed by atoms with Crippen LogP contribution in [0.4, 0.5) is 0 Å². The average molecular weight is 272 g/mol. The largest absolute Gasteiger partial charge is 0.335 e. The summed E-state index contributed by atoms with van der Waals surface area (Å²) in [6, 6.07) is 0.432. The molecule has 1 aromatic rings. The molecular formula is C11H20N4O2S. The van der Waals surface area contributed by atoms with Crippen molar-refractivity contribution in [3.63, 3.8) is 0 Å². The van der Waals surface area contributed by atoms with Crippen molar-refractivity contribution in [2.45, 2.75) is 30.8 Å². The number of piperidine rings is 1. The Morgan fingerprint density at radius 3 is 2.67 bits per heavy atom. The van der Waals surface area contributed by atoms with E-state index in [1.807, 2.05) is 7.05 Å². The van der Waals surface area contributed by atoms with Crippen LogP contribution >= 0.6 is 0 Å². The molecule has 7 heteroatoms. The van der Waals surface area contributed by atoms with Gasteiger partial charge in [0.05, 0.1) is 12.5 Å². The first-order chi connectivity index (χ1) is 8.55. The summed E-state index contributed by atoms with van der Waals surface area (Å²) in [6.45, 7) is 3.31. The summed E-state index contributed by atoms with van der Waals surface area (Å²) in [5.41, 5.74) is 0. The maximum atomic E-state index is 12.2. The van der Waals surface area contributed by atoms with Crippen molar-refractivity contribution in [2.75, 3.05) is 20.1 Å². The van der Waals surface area contributed by atoms with E-state index in [9.17, 15) is 8.42 Å². The third-order valence-electron chi connectivity index (χ3n) is 3.75. The zero-order valence-corrected chi connectivity index (χ0v) is 11.6. The minimum absolute atomic E-state index is 0.183. The molecule has 1 aliphatic rings. The molecule has 0 spiro atoms. The van der Waals surface area contributed by atoms with Crippen molar-refractivity contribution in [2.24, 2.45) is 5.92 Å². The number of hydrogen-bond donors (Lipinski definition) is 2. The minimum Gasteiger partial charge on any atom is -0.335 e. The highest BCUT2D eigenvalue weighted by Gasteiger charge is 2.31. The SMILES string of the molecule is CNC(C)C1CCN(S(=O)(=O)c2cnc[nH]2)CC1. The van der Waals surface area contributed by atoms with Gasteiger partial charge in [0.2, 0.25) is 0 Å². The number of nitrogens with zero attached hydrogens (tertiary/aromatic N) is 2. The van der Waals surface area contributed by atoms with Crippen LogP contribution in [0, 0.1) is 5.92 Å². The molecule has 0 aromatic carbocycles. The molecule has 2 rings (SSSR count). The van der Waals surface area contributed by atoms with Crippen LogP contribution in [0.2, 0.25) is 0 Å². The van der Waals surface area contributed by atoms with E-state index in [0.717, 1.165) is 12.8 Å². The fourth-order valence-corrected chi connectivity index (χ4v) is 3.74. The number of rotatable bonds is 4. The van der Waals surface area contributed by atoms with Gasteiger partial charge in [-0.1, -0.05) is 0 Å². The molecule has 1 fully saturated rings. The Morgan fingerprint density at radius 1 is 1.50 bits per heavy atom. The Balaban J connectivity index is 2.02. The van der Waals surface area contributed by atoms with Crippen LogP contribution in [-0.2, 0) is 10.0 Å². The molecule has 102 valence electrons. The number of hydrogen-bond acceptors (Lipinski definition) is 4. The minimum atomic E-state index is -3.38. The Labute approximate surface area is 108 Å². The van der Waals surface area contributed by atoms with Gasteiger partial charge in [0.25, 0.3) is 10.0 Å². The molecule has 2 heterocycles. The summed E-state index contributed by atoms with van der Waals surface area (Å²) in [7, 11) is -1.44. The molecule has 0 aliphatic carbocycles. The average Bonchev–Trinajstić information content (AvgIpc) is 2.92. The highest BCUT2D eigenvalue weighted by Crippen LogP contribution is 2.24. The first-order valence-electron chi connectivity index (χ1n) is 6.21. The molecule has 6 nitrogen and oxygen atoms in total. The lowest BCUT2D eigenvalue weighted by Gasteiger charge is -2.33. The monoisotopic (exact) mass is 272 g/mol. The fraction of sp³-hybridized carbons (Fsp3) is 0.727. The number of aromatic amines is 1. The van der Waals surface area contributed by atoms with Crippen molar-refractivity contribution < 1.29 is 8.42 Å². The topological polar surface area (TPSA) is 78.1 Å². The Hall–Kier alpha value is -0.920. The second-order valence-corrected chi connectivity index (χ2v) is 6.64. The summed E-state index contributed by atoms with van der Waals surface area (Å²) in [5, 5.41) is 3.41. The van der Waals surface area contributed by atoms with E-state index in [0.29, 0.717) is 25.0 Å². The zero-order chi connectivity index (χ0) is 13.2. The maximum absolute atomic E-state index is 12.2. The quantitative estimate of drug-likeness (QED) is 0.832. The van der Waals surface area contributed by atoms with Gasteiger partial charge in [0, 0.05) is 19.1 Å². The smallest absolute Gasteiger partial charge is 0.260 e. The van der Waals surface area contributed by atoms with Crippen LogP contribution in [0.3, 0.4) is 0 Å². The van der Waals surface area contributed by atoms with Crippen LogP contribution < -0.4 is 5.32 Å². The Morgan fingerprint density at radius 2 is 2.17 bits per heavy atom. The van der Waals surface area contributed by atoms with Gasteiger partial charge >= 0.3 is 0 Å². The van der Waals surface area contributed by atoms with Crippen LogP contribution in [0.5, 0.6) is 0 Å². The summed E-state index contributed by atoms with van der Waals surface area (Å²) < 4.78 is 26.0. The molecule has 1 saturated heterocycles. The van der Waals surface area contributed by atoms with Gasteiger partial charge in [-0.3, -0.25) is 0 Å². The van der Waals surface area contributed by atoms with Gasteiger partial charge in [-0.05, 0) is 32.7 Å². The standard InChI is InChI=1S/C11H20N4O2S/c1-9(12-2)10-3-5-15(6-4-10)18(16,17)11-7-13-8-14-11/h7-10,12H,3-6H2,1-2H3,(H,13,14). The van der Waals surface area contributed by atoms with Gasteiger partial charge in [0.1, 0.15) is 0 Å². The van der Waals surface area contributed by atoms with E-state index in [4.69, 9.17) is 0 Å². The van der Waals surface area contributed by atoms with E-state index < -0.39 is 10.0 Å². The summed E-state index contributed by atoms with van der Waals surface area (Å²) >= 11 is 0. The van der Waals surface area contributed by atoms with E-state index in [2.05, 4.69) is 22.2 Å². The van der Waals surface area contributed by atoms with Gasteiger partial charge in [-0.25, -0.2) is 13.4 Å². The molecule has 0 saturated carbocycles. The van der Waals surface area contributed by atoms with Crippen molar-refractivity contribution >= 4 is 10.0 Å². The van der Waals surface area contributed by atoms with Crippen molar-refractivity contribution in [1.82, 2.24) is 19.6 Å². The van der Waals surface area contributed by atoms with Crippen molar-refractivity contribution in [1.29, 1.82) is 0 Å². The lowest BCUT2D eigenvalue weighted by molar-refractivity contribution is 0.236. The molecular weight excluding hydrogens is 252 g/mol.